The quantitative estimate of drug-likeness (QED) is 0.506. The number of H-pyrrole nitrogens is 1. The summed E-state index contributed by atoms with van der Waals surface area (Å²) in [6.07, 6.45) is 2.05. The number of hydrogen-bond donors (Lipinski definition) is 4. The van der Waals surface area contributed by atoms with E-state index < -0.39 is 0 Å². The minimum atomic E-state index is 0.0513. The average Bonchev–Trinajstić information content (AvgIpc) is 3.22. The molecule has 1 atom stereocenters. The first-order chi connectivity index (χ1) is 12.6. The number of hydrogen-bond acceptors (Lipinski definition) is 7. The van der Waals surface area contributed by atoms with Crippen molar-refractivity contribution < 1.29 is 14.3 Å². The molecule has 1 aliphatic heterocycles. The first-order valence-electron chi connectivity index (χ1n) is 8.24. The Morgan fingerprint density at radius 1 is 1.38 bits per heavy atom. The number of aldehydes is 1. The largest absolute Gasteiger partial charge is 0.496 e. The number of nitrogens with zero attached hydrogens (tertiary/aromatic N) is 2. The number of nitrogens with one attached hydrogen (secondary N) is 3. The number of carbonyl (C=O) groups excluding carboxylic acids is 2. The Bertz CT molecular complexity index is 1030. The molecule has 0 aliphatic carbocycles. The second kappa shape index (κ2) is 6.17. The number of nitrogen functional groups attached to an aromatic ring is 1. The molecule has 3 aromatic rings. The normalized spacial score (nSPS) is 16.8. The number of methoxy groups -OCH3 is 1. The summed E-state index contributed by atoms with van der Waals surface area (Å²) < 4.78 is 5.31. The van der Waals surface area contributed by atoms with Crippen LogP contribution >= 0.6 is 0 Å². The number of imidazole rings is 1. The first-order valence-corrected chi connectivity index (χ1v) is 8.24. The number of amides is 1. The van der Waals surface area contributed by atoms with E-state index in [9.17, 15) is 9.59 Å². The molecule has 0 spiro atoms. The molecule has 1 aliphatic rings. The lowest BCUT2D eigenvalue weighted by Crippen LogP contribution is -2.32. The van der Waals surface area contributed by atoms with Gasteiger partial charge in [0.1, 0.15) is 11.6 Å². The number of aromatic nitrogens is 3. The number of rotatable bonds is 5. The van der Waals surface area contributed by atoms with E-state index in [0.29, 0.717) is 41.3 Å². The zero-order valence-electron chi connectivity index (χ0n) is 14.1. The Balaban J connectivity index is 1.83. The van der Waals surface area contributed by atoms with Gasteiger partial charge in [0.05, 0.1) is 18.2 Å². The number of fused-ring (bicyclic) bond motifs is 3. The van der Waals surface area contributed by atoms with Crippen molar-refractivity contribution in [3.05, 3.63) is 17.7 Å². The molecule has 26 heavy (non-hydrogen) atoms. The van der Waals surface area contributed by atoms with Crippen LogP contribution in [0.4, 0.5) is 11.8 Å². The van der Waals surface area contributed by atoms with Gasteiger partial charge in [0.25, 0.3) is 0 Å². The van der Waals surface area contributed by atoms with Crippen LogP contribution in [0.25, 0.3) is 21.9 Å². The Hall–Kier alpha value is -3.36. The van der Waals surface area contributed by atoms with Gasteiger partial charge in [-0.15, -0.1) is 0 Å². The van der Waals surface area contributed by atoms with Gasteiger partial charge in [-0.2, -0.15) is 4.98 Å². The Morgan fingerprint density at radius 3 is 2.92 bits per heavy atom. The van der Waals surface area contributed by atoms with Gasteiger partial charge >= 0.3 is 0 Å². The first kappa shape index (κ1) is 16.1. The van der Waals surface area contributed by atoms with E-state index >= 15 is 0 Å². The molecule has 1 amide bonds. The highest BCUT2D eigenvalue weighted by molar-refractivity contribution is 6.10. The molecule has 1 unspecified atom stereocenters. The average molecular weight is 354 g/mol. The fourth-order valence-electron chi connectivity index (χ4n) is 3.27. The zero-order valence-corrected chi connectivity index (χ0v) is 14.1. The van der Waals surface area contributed by atoms with Crippen LogP contribution in [0, 0.1) is 0 Å². The predicted molar refractivity (Wildman–Crippen MR) is 97.4 cm³/mol. The smallest absolute Gasteiger partial charge is 0.220 e. The molecular weight excluding hydrogens is 336 g/mol. The monoisotopic (exact) mass is 354 g/mol. The van der Waals surface area contributed by atoms with Crippen LogP contribution in [0.5, 0.6) is 5.75 Å². The molecule has 1 fully saturated rings. The maximum atomic E-state index is 11.4. The highest BCUT2D eigenvalue weighted by Gasteiger charge is 2.21. The predicted octanol–water partition coefficient (Wildman–Crippen LogP) is 1.20. The van der Waals surface area contributed by atoms with Crippen molar-refractivity contribution in [2.45, 2.75) is 18.9 Å². The Morgan fingerprint density at radius 2 is 2.23 bits per heavy atom. The van der Waals surface area contributed by atoms with E-state index in [0.717, 1.165) is 23.5 Å². The Kier molecular flexibility index (Phi) is 3.83. The van der Waals surface area contributed by atoms with E-state index in [1.54, 1.807) is 12.1 Å². The van der Waals surface area contributed by atoms with Gasteiger partial charge in [-0.3, -0.25) is 9.59 Å². The number of ether oxygens (including phenoxy) is 1. The SMILES string of the molecule is COc1cc2c(NCC3CCC(=O)N3)nc3nc(N)[nH]c3c2cc1C=O. The fourth-order valence-corrected chi connectivity index (χ4v) is 3.27. The molecule has 9 heteroatoms. The van der Waals surface area contributed by atoms with Crippen molar-refractivity contribution in [2.75, 3.05) is 24.7 Å². The minimum Gasteiger partial charge on any atom is -0.496 e. The van der Waals surface area contributed by atoms with Gasteiger partial charge in [-0.05, 0) is 18.6 Å². The van der Waals surface area contributed by atoms with Crippen LogP contribution < -0.4 is 21.1 Å². The number of carbonyl (C=O) groups is 2. The maximum Gasteiger partial charge on any atom is 0.220 e. The summed E-state index contributed by atoms with van der Waals surface area (Å²) in [4.78, 5) is 34.5. The summed E-state index contributed by atoms with van der Waals surface area (Å²) in [6.45, 7) is 0.539. The third-order valence-electron chi connectivity index (χ3n) is 4.54. The molecule has 3 heterocycles. The fraction of sp³-hybridized carbons (Fsp3) is 0.294. The third-order valence-corrected chi connectivity index (χ3v) is 4.54. The van der Waals surface area contributed by atoms with E-state index in [2.05, 4.69) is 25.6 Å². The van der Waals surface area contributed by atoms with Gasteiger partial charge in [0, 0.05) is 29.8 Å². The van der Waals surface area contributed by atoms with Gasteiger partial charge in [-0.1, -0.05) is 0 Å². The van der Waals surface area contributed by atoms with Gasteiger partial charge < -0.3 is 26.1 Å². The summed E-state index contributed by atoms with van der Waals surface area (Å²) in [5.41, 5.74) is 7.31. The standard InChI is InChI=1S/C17H18N6O3/c1-26-12-5-11-10(4-8(12)7-24)14-16(23-17(18)21-14)22-15(11)19-6-9-2-3-13(25)20-9/h4-5,7,9H,2-3,6H2,1H3,(H,20,25)(H4,18,19,21,22,23). The number of benzene rings is 1. The molecule has 134 valence electrons. The van der Waals surface area contributed by atoms with Gasteiger partial charge in [0.2, 0.25) is 5.91 Å². The van der Waals surface area contributed by atoms with Crippen LogP contribution in [-0.4, -0.2) is 46.8 Å². The van der Waals surface area contributed by atoms with Crippen molar-refractivity contribution >= 4 is 45.9 Å². The molecular formula is C17H18N6O3. The van der Waals surface area contributed by atoms with Gasteiger partial charge in [0.15, 0.2) is 17.9 Å². The number of nitrogens with two attached hydrogens (primary N) is 1. The van der Waals surface area contributed by atoms with Gasteiger partial charge in [-0.25, -0.2) is 4.98 Å². The van der Waals surface area contributed by atoms with E-state index in [1.165, 1.54) is 7.11 Å². The molecule has 2 aromatic heterocycles. The van der Waals surface area contributed by atoms with E-state index in [4.69, 9.17) is 10.5 Å². The molecule has 0 radical (unpaired) electrons. The summed E-state index contributed by atoms with van der Waals surface area (Å²) in [7, 11) is 1.51. The lowest BCUT2D eigenvalue weighted by molar-refractivity contribution is -0.119. The second-order valence-corrected chi connectivity index (χ2v) is 6.22. The molecule has 4 rings (SSSR count). The summed E-state index contributed by atoms with van der Waals surface area (Å²) in [6, 6.07) is 3.54. The molecule has 0 saturated carbocycles. The van der Waals surface area contributed by atoms with Crippen LogP contribution in [0.15, 0.2) is 12.1 Å². The van der Waals surface area contributed by atoms with E-state index in [1.807, 2.05) is 0 Å². The van der Waals surface area contributed by atoms with Crippen LogP contribution in [0.1, 0.15) is 23.2 Å². The minimum absolute atomic E-state index is 0.0513. The van der Waals surface area contributed by atoms with Crippen molar-refractivity contribution in [1.29, 1.82) is 0 Å². The van der Waals surface area contributed by atoms with Crippen LogP contribution in [0.2, 0.25) is 0 Å². The lowest BCUT2D eigenvalue weighted by Gasteiger charge is -2.15. The lowest BCUT2D eigenvalue weighted by atomic mass is 10.1. The molecule has 1 saturated heterocycles. The zero-order chi connectivity index (χ0) is 18.3. The van der Waals surface area contributed by atoms with Crippen molar-refractivity contribution in [2.24, 2.45) is 0 Å². The number of aromatic amines is 1. The van der Waals surface area contributed by atoms with Crippen molar-refractivity contribution in [3.63, 3.8) is 0 Å². The maximum absolute atomic E-state index is 11.4. The molecule has 5 N–H and O–H groups in total. The Labute approximate surface area is 148 Å². The topological polar surface area (TPSA) is 135 Å². The molecule has 1 aromatic carbocycles. The highest BCUT2D eigenvalue weighted by atomic mass is 16.5. The third kappa shape index (κ3) is 2.67. The highest BCUT2D eigenvalue weighted by Crippen LogP contribution is 2.33. The van der Waals surface area contributed by atoms with Crippen molar-refractivity contribution in [3.8, 4) is 5.75 Å². The summed E-state index contributed by atoms with van der Waals surface area (Å²) in [5.74, 6) is 1.36. The van der Waals surface area contributed by atoms with Crippen LogP contribution in [0.3, 0.4) is 0 Å². The second-order valence-electron chi connectivity index (χ2n) is 6.22. The molecule has 9 nitrogen and oxygen atoms in total. The number of anilines is 2. The number of pyridine rings is 1. The van der Waals surface area contributed by atoms with Crippen LogP contribution in [-0.2, 0) is 4.79 Å². The van der Waals surface area contributed by atoms with E-state index in [-0.39, 0.29) is 17.9 Å². The summed E-state index contributed by atoms with van der Waals surface area (Å²) in [5, 5.41) is 7.72. The summed E-state index contributed by atoms with van der Waals surface area (Å²) >= 11 is 0. The van der Waals surface area contributed by atoms with Crippen molar-refractivity contribution in [1.82, 2.24) is 20.3 Å². The molecule has 0 bridgehead atoms.